The molecular formula is C2H5Cl2LiZn. The van der Waals surface area contributed by atoms with E-state index in [0.29, 0.717) is 0 Å². The fourth-order valence-electron chi connectivity index (χ4n) is 0. The molecule has 0 fully saturated rings. The van der Waals surface area contributed by atoms with Crippen LogP contribution in [0.1, 0.15) is 6.92 Å². The first-order valence-electron chi connectivity index (χ1n) is 1.41. The van der Waals surface area contributed by atoms with Gasteiger partial charge in [0.25, 0.3) is 0 Å². The minimum absolute atomic E-state index is 0. The van der Waals surface area contributed by atoms with E-state index in [0.717, 1.165) is 0 Å². The molecule has 0 N–H and O–H groups in total. The third-order valence-electron chi connectivity index (χ3n) is 0. The van der Waals surface area contributed by atoms with Crippen molar-refractivity contribution in [1.29, 1.82) is 0 Å². The molecule has 4 heteroatoms. The van der Waals surface area contributed by atoms with Gasteiger partial charge in [-0.25, -0.2) is 0 Å². The third-order valence-corrected chi connectivity index (χ3v) is 0. The van der Waals surface area contributed by atoms with Crippen LogP contribution in [0.5, 0.6) is 0 Å². The fourth-order valence-corrected chi connectivity index (χ4v) is 0. The van der Waals surface area contributed by atoms with E-state index < -0.39 is 0 Å². The predicted molar refractivity (Wildman–Crippen MR) is 16.2 cm³/mol. The summed E-state index contributed by atoms with van der Waals surface area (Å²) in [5.41, 5.74) is 0. The monoisotopic (exact) mass is 170 g/mol. The van der Waals surface area contributed by atoms with Gasteiger partial charge in [0.05, 0.1) is 0 Å². The van der Waals surface area contributed by atoms with Gasteiger partial charge in [-0.2, -0.15) is 0 Å². The number of hydrogen-bond acceptors (Lipinski definition) is 0. The summed E-state index contributed by atoms with van der Waals surface area (Å²) in [5, 5.41) is 1.25. The van der Waals surface area contributed by atoms with E-state index in [-0.39, 0.29) is 44.3 Å². The van der Waals surface area contributed by atoms with Crippen molar-refractivity contribution in [2.24, 2.45) is 0 Å². The minimum atomic E-state index is 0. The molecule has 0 saturated heterocycles. The molecule has 0 unspecified atom stereocenters. The van der Waals surface area contributed by atoms with Gasteiger partial charge < -0.3 is 24.8 Å². The minimum Gasteiger partial charge on any atom is 2.00 e. The molecule has 0 nitrogen and oxygen atoms in total. The first-order valence-corrected chi connectivity index (χ1v) is 1.41. The van der Waals surface area contributed by atoms with Gasteiger partial charge in [-0.15, -0.1) is 0 Å². The topological polar surface area (TPSA) is 0 Å². The summed E-state index contributed by atoms with van der Waals surface area (Å²) >= 11 is 2.12. The van der Waals surface area contributed by atoms with Crippen LogP contribution in [0.2, 0.25) is 5.09 Å². The Labute approximate surface area is 73.6 Å². The maximum atomic E-state index is 2.12. The van der Waals surface area contributed by atoms with Crippen LogP contribution in [0.4, 0.5) is 0 Å². The molecule has 0 aliphatic rings. The Balaban J connectivity index is -0.00000000667. The van der Waals surface area contributed by atoms with Crippen molar-refractivity contribution in [3.05, 3.63) is 0 Å². The van der Waals surface area contributed by atoms with E-state index in [1.165, 1.54) is 5.09 Å². The summed E-state index contributed by atoms with van der Waals surface area (Å²) in [6.07, 6.45) is 0. The molecule has 0 bridgehead atoms. The molecule has 0 aliphatic heterocycles. The summed E-state index contributed by atoms with van der Waals surface area (Å²) in [6, 6.07) is 0. The van der Waals surface area contributed by atoms with Crippen LogP contribution < -0.4 is 24.8 Å². The second-order valence-corrected chi connectivity index (χ2v) is 0.707. The van der Waals surface area contributed by atoms with E-state index in [9.17, 15) is 0 Å². The first-order chi connectivity index (χ1) is 1.41. The molecule has 0 aromatic heterocycles. The van der Waals surface area contributed by atoms with Crippen LogP contribution >= 0.6 is 0 Å². The normalized spacial score (nSPS) is 3.17. The van der Waals surface area contributed by atoms with Gasteiger partial charge in [0.2, 0.25) is 0 Å². The molecule has 0 aromatic carbocycles. The van der Waals surface area contributed by atoms with Gasteiger partial charge in [-0.05, 0) is 0 Å². The zero-order valence-electron chi connectivity index (χ0n) is 4.17. The zero-order chi connectivity index (χ0) is 2.71. The Morgan fingerprint density at radius 1 is 1.33 bits per heavy atom. The molecule has 0 spiro atoms. The van der Waals surface area contributed by atoms with E-state index in [1.54, 1.807) is 0 Å². The van der Waals surface area contributed by atoms with Crippen molar-refractivity contribution in [3.8, 4) is 0 Å². The molecular weight excluding hydrogens is 167 g/mol. The molecule has 0 atom stereocenters. The van der Waals surface area contributed by atoms with Crippen LogP contribution in [0.15, 0.2) is 0 Å². The van der Waals surface area contributed by atoms with Crippen molar-refractivity contribution >= 4 is 17.7 Å². The Hall–Kier alpha value is 1.80. The van der Waals surface area contributed by atoms with Crippen LogP contribution in [-0.2, 0) is 19.5 Å². The SMILES string of the molecule is [Cl-].[Cl-].[Li][CH2]C.[Zn+2]. The Morgan fingerprint density at radius 2 is 1.33 bits per heavy atom. The van der Waals surface area contributed by atoms with Crippen molar-refractivity contribution in [1.82, 2.24) is 0 Å². The number of halogens is 2. The quantitative estimate of drug-likeness (QED) is 0.320. The summed E-state index contributed by atoms with van der Waals surface area (Å²) < 4.78 is 0. The molecule has 0 radical (unpaired) electrons. The largest absolute Gasteiger partial charge is 2.00 e. The fraction of sp³-hybridized carbons (Fsp3) is 1.00. The molecule has 0 saturated carbocycles. The van der Waals surface area contributed by atoms with Crippen molar-refractivity contribution in [2.45, 2.75) is 12.0 Å². The van der Waals surface area contributed by atoms with E-state index in [4.69, 9.17) is 0 Å². The summed E-state index contributed by atoms with van der Waals surface area (Å²) in [7, 11) is 0. The maximum Gasteiger partial charge on any atom is 2.00 e. The van der Waals surface area contributed by atoms with Crippen LogP contribution in [-0.4, -0.2) is 17.7 Å². The van der Waals surface area contributed by atoms with Crippen LogP contribution in [0.3, 0.4) is 0 Å². The third kappa shape index (κ3) is 41.2. The Morgan fingerprint density at radius 3 is 1.33 bits per heavy atom. The van der Waals surface area contributed by atoms with Gasteiger partial charge in [0.1, 0.15) is 0 Å². The Bertz CT molecular complexity index is 11.5. The van der Waals surface area contributed by atoms with Crippen molar-refractivity contribution < 1.29 is 44.3 Å². The van der Waals surface area contributed by atoms with Gasteiger partial charge in [0.15, 0.2) is 0 Å². The van der Waals surface area contributed by atoms with Crippen LogP contribution in [0.25, 0.3) is 0 Å². The predicted octanol–water partition coefficient (Wildman–Crippen LogP) is -5.40. The van der Waals surface area contributed by atoms with Gasteiger partial charge in [-0.3, -0.25) is 0 Å². The number of rotatable bonds is 0. The first kappa shape index (κ1) is 25.0. The average Bonchev–Trinajstić information content (AvgIpc) is 0.918. The average molecular weight is 172 g/mol. The van der Waals surface area contributed by atoms with E-state index in [1.807, 2.05) is 0 Å². The zero-order valence-corrected chi connectivity index (χ0v) is 8.65. The second-order valence-electron chi connectivity index (χ2n) is 0.707. The van der Waals surface area contributed by atoms with E-state index >= 15 is 0 Å². The molecule has 0 amide bonds. The van der Waals surface area contributed by atoms with Crippen molar-refractivity contribution in [2.75, 3.05) is 0 Å². The molecule has 6 heavy (non-hydrogen) atoms. The Kier molecular flexibility index (Phi) is 121. The van der Waals surface area contributed by atoms with Gasteiger partial charge in [0, 0.05) is 0 Å². The standard InChI is InChI=1S/C2H5.2ClH.Li.Zn/c1-2;;;;/h1H2,2H3;2*1H;;/q;;;;+2/p-2. The summed E-state index contributed by atoms with van der Waals surface area (Å²) in [5.74, 6) is 0. The molecule has 0 rings (SSSR count). The van der Waals surface area contributed by atoms with Gasteiger partial charge >= 0.3 is 49.2 Å². The molecule has 30 valence electrons. The molecule has 0 aliphatic carbocycles. The van der Waals surface area contributed by atoms with Crippen molar-refractivity contribution in [3.63, 3.8) is 0 Å². The number of hydrogen-bond donors (Lipinski definition) is 0. The molecule has 0 heterocycles. The molecule has 0 aromatic rings. The summed E-state index contributed by atoms with van der Waals surface area (Å²) in [6.45, 7) is 2.12. The van der Waals surface area contributed by atoms with E-state index in [2.05, 4.69) is 24.6 Å². The van der Waals surface area contributed by atoms with Gasteiger partial charge in [-0.1, -0.05) is 0 Å². The summed E-state index contributed by atoms with van der Waals surface area (Å²) in [4.78, 5) is 0. The van der Waals surface area contributed by atoms with Crippen LogP contribution in [0, 0.1) is 0 Å². The smallest absolute Gasteiger partial charge is 2.00 e. The maximum absolute atomic E-state index is 2.12. The second kappa shape index (κ2) is 29.2.